The van der Waals surface area contributed by atoms with E-state index < -0.39 is 7.05 Å². The van der Waals surface area contributed by atoms with Crippen molar-refractivity contribution in [2.75, 3.05) is 5.32 Å². The van der Waals surface area contributed by atoms with Crippen LogP contribution < -0.4 is 10.8 Å². The van der Waals surface area contributed by atoms with E-state index in [0.29, 0.717) is 5.46 Å². The Morgan fingerprint density at radius 3 is 2.67 bits per heavy atom. The van der Waals surface area contributed by atoms with Gasteiger partial charge in [-0.2, -0.15) is 4.91 Å². The number of benzene rings is 2. The van der Waals surface area contributed by atoms with E-state index in [1.54, 1.807) is 12.1 Å². The van der Waals surface area contributed by atoms with Gasteiger partial charge in [-0.15, -0.1) is 0 Å². The molecule has 1 aliphatic heterocycles. The Morgan fingerprint density at radius 2 is 1.85 bits per heavy atom. The molecule has 1 atom stereocenters. The highest BCUT2D eigenvalue weighted by Gasteiger charge is 2.26. The summed E-state index contributed by atoms with van der Waals surface area (Å²) in [4.78, 5) is 18.3. The fourth-order valence-electron chi connectivity index (χ4n) is 3.80. The Balaban J connectivity index is 1.71. The van der Waals surface area contributed by atoms with Gasteiger partial charge in [0, 0.05) is 34.6 Å². The largest absolute Gasteiger partial charge is 0.517 e. The summed E-state index contributed by atoms with van der Waals surface area (Å²) in [5.41, 5.74) is 6.76. The van der Waals surface area contributed by atoms with E-state index in [9.17, 15) is 9.93 Å². The molecule has 0 fully saturated rings. The Morgan fingerprint density at radius 1 is 1.04 bits per heavy atom. The number of para-hydroxylation sites is 1. The molecule has 6 nitrogen and oxygen atoms in total. The number of aromatic amines is 1. The predicted molar refractivity (Wildman–Crippen MR) is 107 cm³/mol. The molecule has 0 saturated carbocycles. The molecule has 0 aliphatic carbocycles. The summed E-state index contributed by atoms with van der Waals surface area (Å²) in [6, 6.07) is 17.4. The van der Waals surface area contributed by atoms with Crippen molar-refractivity contribution < 1.29 is 5.02 Å². The van der Waals surface area contributed by atoms with Gasteiger partial charge in [0.2, 0.25) is 0 Å². The number of hydrogen-bond acceptors (Lipinski definition) is 5. The lowest BCUT2D eigenvalue weighted by Crippen LogP contribution is -2.27. The van der Waals surface area contributed by atoms with Gasteiger partial charge < -0.3 is 15.3 Å². The summed E-state index contributed by atoms with van der Waals surface area (Å²) >= 11 is 0. The molecule has 0 spiro atoms. The number of pyridine rings is 1. The Kier molecular flexibility index (Phi) is 3.55. The summed E-state index contributed by atoms with van der Waals surface area (Å²) in [7, 11) is -1.34. The Labute approximate surface area is 155 Å². The van der Waals surface area contributed by atoms with Gasteiger partial charge in [-0.25, -0.2) is 4.98 Å². The maximum Gasteiger partial charge on any atom is 0.517 e. The number of aromatic nitrogens is 2. The van der Waals surface area contributed by atoms with Crippen LogP contribution in [0.3, 0.4) is 0 Å². The molecule has 0 amide bonds. The van der Waals surface area contributed by atoms with Crippen LogP contribution in [0, 0.1) is 4.91 Å². The average molecular weight is 354 g/mol. The fraction of sp³-hybridized carbons (Fsp3) is 0.0500. The summed E-state index contributed by atoms with van der Waals surface area (Å²) in [5, 5.41) is 17.0. The minimum atomic E-state index is -1.34. The second kappa shape index (κ2) is 6.07. The van der Waals surface area contributed by atoms with Crippen LogP contribution in [0.15, 0.2) is 72.1 Å². The number of rotatable bonds is 3. The van der Waals surface area contributed by atoms with Gasteiger partial charge in [-0.05, 0) is 28.7 Å². The van der Waals surface area contributed by atoms with Gasteiger partial charge in [0.1, 0.15) is 5.65 Å². The molecule has 3 N–H and O–H groups in total. The quantitative estimate of drug-likeness (QED) is 0.389. The highest BCUT2D eigenvalue weighted by Crippen LogP contribution is 2.43. The number of fused-ring (bicyclic) bond motifs is 2. The zero-order chi connectivity index (χ0) is 18.4. The molecule has 2 aromatic carbocycles. The second-order valence-corrected chi connectivity index (χ2v) is 6.59. The van der Waals surface area contributed by atoms with Crippen molar-refractivity contribution in [3.63, 3.8) is 0 Å². The topological polar surface area (TPSA) is 90.4 Å². The summed E-state index contributed by atoms with van der Waals surface area (Å²) in [5.74, 6) is 0. The number of nitroso groups, excluding NO2 is 1. The monoisotopic (exact) mass is 354 g/mol. The van der Waals surface area contributed by atoms with Crippen LogP contribution in [0.4, 0.5) is 5.69 Å². The van der Waals surface area contributed by atoms with Crippen LogP contribution in [0.1, 0.15) is 17.2 Å². The van der Waals surface area contributed by atoms with Crippen molar-refractivity contribution in [3.8, 4) is 11.1 Å². The van der Waals surface area contributed by atoms with E-state index in [2.05, 4.69) is 32.5 Å². The molecule has 5 rings (SSSR count). The zero-order valence-corrected chi connectivity index (χ0v) is 14.3. The lowest BCUT2D eigenvalue weighted by atomic mass is 9.75. The molecule has 27 heavy (non-hydrogen) atoms. The highest BCUT2D eigenvalue weighted by atomic mass is 16.3. The first-order valence-corrected chi connectivity index (χ1v) is 8.68. The van der Waals surface area contributed by atoms with Crippen molar-refractivity contribution in [2.24, 2.45) is 5.09 Å². The maximum absolute atomic E-state index is 10.6. The maximum atomic E-state index is 10.6. The SMILES string of the molecule is O=NB(O)c1ccc(C2Nc3ccccc3-c3ccnc4[nH]cc2c34)cc1. The molecule has 0 saturated heterocycles. The van der Waals surface area contributed by atoms with Crippen molar-refractivity contribution in [3.05, 3.63) is 83.0 Å². The van der Waals surface area contributed by atoms with E-state index >= 15 is 0 Å². The van der Waals surface area contributed by atoms with Crippen LogP contribution >= 0.6 is 0 Å². The zero-order valence-electron chi connectivity index (χ0n) is 14.3. The molecule has 0 bridgehead atoms. The van der Waals surface area contributed by atoms with E-state index in [1.165, 1.54) is 0 Å². The number of anilines is 1. The van der Waals surface area contributed by atoms with Gasteiger partial charge in [0.25, 0.3) is 0 Å². The summed E-state index contributed by atoms with van der Waals surface area (Å²) in [6.45, 7) is 0. The van der Waals surface area contributed by atoms with Crippen molar-refractivity contribution in [1.29, 1.82) is 0 Å². The van der Waals surface area contributed by atoms with Gasteiger partial charge in [-0.3, -0.25) is 0 Å². The minimum Gasteiger partial charge on any atom is -0.425 e. The molecule has 0 radical (unpaired) electrons. The van der Waals surface area contributed by atoms with Crippen LogP contribution in [-0.4, -0.2) is 22.0 Å². The second-order valence-electron chi connectivity index (χ2n) is 6.59. The molecular weight excluding hydrogens is 339 g/mol. The normalized spacial score (nSPS) is 14.9. The fourth-order valence-corrected chi connectivity index (χ4v) is 3.80. The van der Waals surface area contributed by atoms with Crippen LogP contribution in [0.5, 0.6) is 0 Å². The average Bonchev–Trinajstić information content (AvgIpc) is 3.09. The third-order valence-electron chi connectivity index (χ3n) is 5.10. The first-order valence-electron chi connectivity index (χ1n) is 8.68. The van der Waals surface area contributed by atoms with Gasteiger partial charge >= 0.3 is 7.05 Å². The van der Waals surface area contributed by atoms with Crippen molar-refractivity contribution in [2.45, 2.75) is 6.04 Å². The summed E-state index contributed by atoms with van der Waals surface area (Å²) in [6.07, 6.45) is 3.80. The molecule has 3 heterocycles. The number of nitrogens with zero attached hydrogens (tertiary/aromatic N) is 2. The van der Waals surface area contributed by atoms with E-state index in [1.807, 2.05) is 42.7 Å². The van der Waals surface area contributed by atoms with Crippen LogP contribution in [0.2, 0.25) is 0 Å². The third-order valence-corrected chi connectivity index (χ3v) is 5.10. The molecule has 130 valence electrons. The molecule has 7 heteroatoms. The standard InChI is InChI=1S/C20H15BN4O2/c26-21(25-27)13-7-5-12(6-8-13)19-16-11-23-20-18(16)15(9-10-22-20)14-3-1-2-4-17(14)24-19/h1-11,19,24,26H,(H,22,23). The molecular formula is C20H15BN4O2. The molecule has 2 aromatic heterocycles. The number of nitrogens with one attached hydrogen (secondary N) is 2. The van der Waals surface area contributed by atoms with E-state index in [0.717, 1.165) is 39.0 Å². The van der Waals surface area contributed by atoms with Crippen LogP contribution in [-0.2, 0) is 0 Å². The van der Waals surface area contributed by atoms with Crippen LogP contribution in [0.25, 0.3) is 22.2 Å². The third kappa shape index (κ3) is 2.44. The van der Waals surface area contributed by atoms with Gasteiger partial charge in [-0.1, -0.05) is 47.6 Å². The number of H-pyrrole nitrogens is 1. The van der Waals surface area contributed by atoms with Crippen molar-refractivity contribution in [1.82, 2.24) is 9.97 Å². The first-order chi connectivity index (χ1) is 13.3. The Hall–Kier alpha value is -3.45. The van der Waals surface area contributed by atoms with E-state index in [4.69, 9.17) is 0 Å². The first kappa shape index (κ1) is 15.8. The lowest BCUT2D eigenvalue weighted by molar-refractivity contribution is 0.587. The lowest BCUT2D eigenvalue weighted by Gasteiger charge is -2.19. The smallest absolute Gasteiger partial charge is 0.425 e. The predicted octanol–water partition coefficient (Wildman–Crippen LogP) is 3.20. The van der Waals surface area contributed by atoms with Gasteiger partial charge in [0.15, 0.2) is 0 Å². The number of hydrogen-bond donors (Lipinski definition) is 3. The molecule has 1 aliphatic rings. The van der Waals surface area contributed by atoms with Gasteiger partial charge in [0.05, 0.1) is 6.04 Å². The highest BCUT2D eigenvalue weighted by molar-refractivity contribution is 6.64. The minimum absolute atomic E-state index is 0.0965. The van der Waals surface area contributed by atoms with Crippen molar-refractivity contribution >= 4 is 29.2 Å². The van der Waals surface area contributed by atoms with E-state index in [-0.39, 0.29) is 6.04 Å². The Bertz CT molecular complexity index is 1160. The summed E-state index contributed by atoms with van der Waals surface area (Å²) < 4.78 is 0. The molecule has 4 aromatic rings. The molecule has 1 unspecified atom stereocenters.